The van der Waals surface area contributed by atoms with Gasteiger partial charge in [0.25, 0.3) is 0 Å². The molecule has 0 saturated carbocycles. The van der Waals surface area contributed by atoms with Crippen LogP contribution < -0.4 is 15.0 Å². The molecule has 2 aliphatic heterocycles. The SMILES string of the molecule is CCCN(c1ncccc1OC)C1CC2CCC(C1)N2. The van der Waals surface area contributed by atoms with E-state index in [4.69, 9.17) is 4.74 Å². The average molecular weight is 275 g/mol. The molecule has 0 aromatic carbocycles. The van der Waals surface area contributed by atoms with Crippen LogP contribution in [0.1, 0.15) is 39.0 Å². The number of anilines is 1. The zero-order chi connectivity index (χ0) is 13.9. The second kappa shape index (κ2) is 6.00. The van der Waals surface area contributed by atoms with Gasteiger partial charge in [-0.1, -0.05) is 6.92 Å². The summed E-state index contributed by atoms with van der Waals surface area (Å²) in [4.78, 5) is 7.07. The highest BCUT2D eigenvalue weighted by Crippen LogP contribution is 2.34. The van der Waals surface area contributed by atoms with Gasteiger partial charge in [-0.2, -0.15) is 0 Å². The van der Waals surface area contributed by atoms with Gasteiger partial charge in [-0.3, -0.25) is 0 Å². The van der Waals surface area contributed by atoms with Crippen LogP contribution in [0.2, 0.25) is 0 Å². The van der Waals surface area contributed by atoms with E-state index in [9.17, 15) is 0 Å². The van der Waals surface area contributed by atoms with Crippen LogP contribution in [0.5, 0.6) is 5.75 Å². The lowest BCUT2D eigenvalue weighted by molar-refractivity contribution is 0.341. The van der Waals surface area contributed by atoms with Gasteiger partial charge in [-0.15, -0.1) is 0 Å². The molecular weight excluding hydrogens is 250 g/mol. The summed E-state index contributed by atoms with van der Waals surface area (Å²) in [7, 11) is 1.73. The number of fused-ring (bicyclic) bond motifs is 2. The minimum atomic E-state index is 0.595. The van der Waals surface area contributed by atoms with Crippen LogP contribution >= 0.6 is 0 Å². The third-order valence-corrected chi connectivity index (χ3v) is 4.60. The summed E-state index contributed by atoms with van der Waals surface area (Å²) in [6.07, 6.45) is 8.14. The van der Waals surface area contributed by atoms with Gasteiger partial charge in [0.05, 0.1) is 7.11 Å². The monoisotopic (exact) mass is 275 g/mol. The maximum atomic E-state index is 5.51. The van der Waals surface area contributed by atoms with E-state index in [-0.39, 0.29) is 0 Å². The van der Waals surface area contributed by atoms with Crippen molar-refractivity contribution >= 4 is 5.82 Å². The van der Waals surface area contributed by atoms with Gasteiger partial charge in [0.1, 0.15) is 0 Å². The fraction of sp³-hybridized carbons (Fsp3) is 0.688. The molecule has 110 valence electrons. The van der Waals surface area contributed by atoms with Crippen molar-refractivity contribution < 1.29 is 4.74 Å². The van der Waals surface area contributed by atoms with Crippen LogP contribution in [-0.2, 0) is 0 Å². The Morgan fingerprint density at radius 3 is 2.75 bits per heavy atom. The Morgan fingerprint density at radius 2 is 2.10 bits per heavy atom. The molecule has 1 aromatic heterocycles. The molecule has 1 aromatic rings. The Labute approximate surface area is 121 Å². The number of hydrogen-bond donors (Lipinski definition) is 1. The topological polar surface area (TPSA) is 37.4 Å². The second-order valence-electron chi connectivity index (χ2n) is 5.99. The normalized spacial score (nSPS) is 28.4. The minimum Gasteiger partial charge on any atom is -0.493 e. The van der Waals surface area contributed by atoms with Gasteiger partial charge in [-0.05, 0) is 44.2 Å². The van der Waals surface area contributed by atoms with Crippen molar-refractivity contribution in [1.29, 1.82) is 0 Å². The van der Waals surface area contributed by atoms with Crippen LogP contribution in [0.15, 0.2) is 18.3 Å². The molecule has 0 aliphatic carbocycles. The quantitative estimate of drug-likeness (QED) is 0.896. The first kappa shape index (κ1) is 13.7. The highest BCUT2D eigenvalue weighted by molar-refractivity contribution is 5.53. The van der Waals surface area contributed by atoms with Crippen LogP contribution in [0.3, 0.4) is 0 Å². The van der Waals surface area contributed by atoms with Crippen molar-refractivity contribution in [1.82, 2.24) is 10.3 Å². The van der Waals surface area contributed by atoms with Crippen molar-refractivity contribution in [2.75, 3.05) is 18.6 Å². The summed E-state index contributed by atoms with van der Waals surface area (Å²) >= 11 is 0. The number of pyridine rings is 1. The largest absolute Gasteiger partial charge is 0.493 e. The third kappa shape index (κ3) is 2.62. The number of rotatable bonds is 5. The number of nitrogens with zero attached hydrogens (tertiary/aromatic N) is 2. The second-order valence-corrected chi connectivity index (χ2v) is 5.99. The Hall–Kier alpha value is -1.29. The molecule has 0 amide bonds. The summed E-state index contributed by atoms with van der Waals surface area (Å²) in [6.45, 7) is 3.29. The van der Waals surface area contributed by atoms with E-state index in [0.717, 1.165) is 24.5 Å². The summed E-state index contributed by atoms with van der Waals surface area (Å²) < 4.78 is 5.51. The molecule has 4 nitrogen and oxygen atoms in total. The molecule has 2 bridgehead atoms. The number of methoxy groups -OCH3 is 1. The van der Waals surface area contributed by atoms with E-state index >= 15 is 0 Å². The summed E-state index contributed by atoms with van der Waals surface area (Å²) in [5.41, 5.74) is 0. The first-order valence-electron chi connectivity index (χ1n) is 7.83. The molecule has 20 heavy (non-hydrogen) atoms. The Balaban J connectivity index is 1.84. The van der Waals surface area contributed by atoms with Gasteiger partial charge in [-0.25, -0.2) is 4.98 Å². The summed E-state index contributed by atoms with van der Waals surface area (Å²) in [5, 5.41) is 3.72. The van der Waals surface area contributed by atoms with Crippen molar-refractivity contribution in [3.05, 3.63) is 18.3 Å². The highest BCUT2D eigenvalue weighted by atomic mass is 16.5. The molecule has 2 unspecified atom stereocenters. The van der Waals surface area contributed by atoms with Crippen LogP contribution in [0.25, 0.3) is 0 Å². The van der Waals surface area contributed by atoms with Gasteiger partial charge in [0.2, 0.25) is 0 Å². The van der Waals surface area contributed by atoms with E-state index in [2.05, 4.69) is 22.1 Å². The smallest absolute Gasteiger partial charge is 0.171 e. The molecular formula is C16H25N3O. The van der Waals surface area contributed by atoms with Crippen LogP contribution in [-0.4, -0.2) is 36.8 Å². The first-order valence-corrected chi connectivity index (χ1v) is 7.83. The van der Waals surface area contributed by atoms with Crippen molar-refractivity contribution in [3.63, 3.8) is 0 Å². The first-order chi connectivity index (χ1) is 9.81. The molecule has 1 N–H and O–H groups in total. The highest BCUT2D eigenvalue weighted by Gasteiger charge is 2.36. The molecule has 4 heteroatoms. The van der Waals surface area contributed by atoms with E-state index in [1.807, 2.05) is 18.3 Å². The predicted molar refractivity (Wildman–Crippen MR) is 81.4 cm³/mol. The number of hydrogen-bond acceptors (Lipinski definition) is 4. The summed E-state index contributed by atoms with van der Waals surface area (Å²) in [5.74, 6) is 1.91. The molecule has 2 aliphatic rings. The summed E-state index contributed by atoms with van der Waals surface area (Å²) in [6, 6.07) is 5.96. The van der Waals surface area contributed by atoms with E-state index in [1.54, 1.807) is 7.11 Å². The molecule has 2 atom stereocenters. The number of ether oxygens (including phenoxy) is 1. The Kier molecular flexibility index (Phi) is 4.10. The van der Waals surface area contributed by atoms with Gasteiger partial charge >= 0.3 is 0 Å². The van der Waals surface area contributed by atoms with Gasteiger partial charge in [0.15, 0.2) is 11.6 Å². The van der Waals surface area contributed by atoms with Crippen LogP contribution in [0.4, 0.5) is 5.82 Å². The van der Waals surface area contributed by atoms with E-state index in [0.29, 0.717) is 18.1 Å². The van der Waals surface area contributed by atoms with Crippen molar-refractivity contribution in [3.8, 4) is 5.75 Å². The standard InChI is InChI=1S/C16H25N3O/c1-3-9-19(16-15(20-2)5-4-8-17-16)14-10-12-6-7-13(11-14)18-12/h4-5,8,12-14,18H,3,6-7,9-11H2,1-2H3. The number of aromatic nitrogens is 1. The van der Waals surface area contributed by atoms with Crippen molar-refractivity contribution in [2.24, 2.45) is 0 Å². The Bertz CT molecular complexity index is 439. The van der Waals surface area contributed by atoms with Crippen molar-refractivity contribution in [2.45, 2.75) is 57.2 Å². The lowest BCUT2D eigenvalue weighted by atomic mass is 9.98. The zero-order valence-corrected chi connectivity index (χ0v) is 12.5. The molecule has 0 radical (unpaired) electrons. The average Bonchev–Trinajstić information content (AvgIpc) is 2.83. The van der Waals surface area contributed by atoms with E-state index < -0.39 is 0 Å². The zero-order valence-electron chi connectivity index (χ0n) is 12.5. The fourth-order valence-corrected chi connectivity index (χ4v) is 3.74. The number of nitrogens with one attached hydrogen (secondary N) is 1. The van der Waals surface area contributed by atoms with Gasteiger partial charge < -0.3 is 15.0 Å². The molecule has 3 rings (SSSR count). The van der Waals surface area contributed by atoms with Gasteiger partial charge in [0, 0.05) is 30.9 Å². The molecule has 3 heterocycles. The van der Waals surface area contributed by atoms with E-state index in [1.165, 1.54) is 25.7 Å². The molecule has 0 spiro atoms. The lowest BCUT2D eigenvalue weighted by Crippen LogP contribution is -2.49. The maximum absolute atomic E-state index is 5.51. The third-order valence-electron chi connectivity index (χ3n) is 4.60. The molecule has 2 saturated heterocycles. The maximum Gasteiger partial charge on any atom is 0.171 e. The molecule has 2 fully saturated rings. The predicted octanol–water partition coefficient (Wildman–Crippen LogP) is 2.59. The Morgan fingerprint density at radius 1 is 1.35 bits per heavy atom. The van der Waals surface area contributed by atoms with Crippen LogP contribution in [0, 0.1) is 0 Å². The minimum absolute atomic E-state index is 0.595. The lowest BCUT2D eigenvalue weighted by Gasteiger charge is -2.38. The fourth-order valence-electron chi connectivity index (χ4n) is 3.74. The number of piperidine rings is 1.